The number of nitrogens with zero attached hydrogens (tertiary/aromatic N) is 1. The van der Waals surface area contributed by atoms with Crippen LogP contribution in [0.5, 0.6) is 0 Å². The molecular formula is C11H10IN3O2S. The van der Waals surface area contributed by atoms with E-state index in [2.05, 4.69) is 32.9 Å². The van der Waals surface area contributed by atoms with Crippen molar-refractivity contribution in [2.75, 3.05) is 5.32 Å². The first-order valence-electron chi connectivity index (χ1n) is 5.15. The number of aliphatic imine (C=N–C) groups is 1. The van der Waals surface area contributed by atoms with E-state index in [1.807, 2.05) is 24.3 Å². The van der Waals surface area contributed by atoms with E-state index in [-0.39, 0.29) is 23.4 Å². The van der Waals surface area contributed by atoms with Crippen LogP contribution in [0.4, 0.5) is 5.69 Å². The number of para-hydroxylation sites is 1. The monoisotopic (exact) mass is 375 g/mol. The summed E-state index contributed by atoms with van der Waals surface area (Å²) in [5.41, 5.74) is 6.17. The third-order valence-corrected chi connectivity index (χ3v) is 4.20. The largest absolute Gasteiger partial charge is 0.378 e. The molecule has 1 atom stereocenters. The third kappa shape index (κ3) is 3.22. The highest BCUT2D eigenvalue weighted by atomic mass is 127. The lowest BCUT2D eigenvalue weighted by Gasteiger charge is -2.09. The van der Waals surface area contributed by atoms with Crippen molar-refractivity contribution >= 4 is 57.0 Å². The van der Waals surface area contributed by atoms with Gasteiger partial charge in [0.15, 0.2) is 5.17 Å². The Hall–Kier alpha value is -1.09. The SMILES string of the molecule is NC1=NC(=O)[C@H](CC(=O)Nc2ccccc2I)S1. The number of nitrogens with one attached hydrogen (secondary N) is 1. The summed E-state index contributed by atoms with van der Waals surface area (Å²) in [7, 11) is 0. The summed E-state index contributed by atoms with van der Waals surface area (Å²) in [5.74, 6) is -0.551. The smallest absolute Gasteiger partial charge is 0.262 e. The van der Waals surface area contributed by atoms with Crippen molar-refractivity contribution in [3.63, 3.8) is 0 Å². The number of anilines is 1. The van der Waals surface area contributed by atoms with Gasteiger partial charge in [-0.05, 0) is 34.7 Å². The van der Waals surface area contributed by atoms with Crippen LogP contribution in [-0.2, 0) is 9.59 Å². The summed E-state index contributed by atoms with van der Waals surface area (Å²) in [6.45, 7) is 0. The number of hydrogen-bond donors (Lipinski definition) is 2. The van der Waals surface area contributed by atoms with Gasteiger partial charge in [0.25, 0.3) is 5.91 Å². The highest BCUT2D eigenvalue weighted by Gasteiger charge is 2.29. The van der Waals surface area contributed by atoms with Gasteiger partial charge in [-0.1, -0.05) is 23.9 Å². The van der Waals surface area contributed by atoms with Crippen molar-refractivity contribution < 1.29 is 9.59 Å². The van der Waals surface area contributed by atoms with E-state index in [4.69, 9.17) is 5.73 Å². The van der Waals surface area contributed by atoms with Crippen LogP contribution in [0.25, 0.3) is 0 Å². The maximum atomic E-state index is 11.8. The molecule has 3 N–H and O–H groups in total. The van der Waals surface area contributed by atoms with Crippen LogP contribution in [0.3, 0.4) is 0 Å². The van der Waals surface area contributed by atoms with Gasteiger partial charge < -0.3 is 11.1 Å². The molecule has 2 amide bonds. The number of thioether (sulfide) groups is 1. The summed E-state index contributed by atoms with van der Waals surface area (Å²) < 4.78 is 0.949. The second kappa shape index (κ2) is 5.70. The van der Waals surface area contributed by atoms with Gasteiger partial charge in [0.1, 0.15) is 5.25 Å². The first-order chi connectivity index (χ1) is 8.56. The van der Waals surface area contributed by atoms with Crippen LogP contribution in [0.15, 0.2) is 29.3 Å². The molecule has 0 saturated carbocycles. The molecular weight excluding hydrogens is 365 g/mol. The summed E-state index contributed by atoms with van der Waals surface area (Å²) in [6.07, 6.45) is 0.0820. The Morgan fingerprint density at radius 3 is 2.83 bits per heavy atom. The number of hydrogen-bond acceptors (Lipinski definition) is 4. The van der Waals surface area contributed by atoms with Gasteiger partial charge in [-0.15, -0.1) is 0 Å². The maximum absolute atomic E-state index is 11.8. The Bertz CT molecular complexity index is 533. The van der Waals surface area contributed by atoms with Crippen molar-refractivity contribution in [2.24, 2.45) is 10.7 Å². The minimum atomic E-state index is -0.494. The van der Waals surface area contributed by atoms with Gasteiger partial charge in [0.2, 0.25) is 5.91 Å². The Labute approximate surface area is 122 Å². The lowest BCUT2D eigenvalue weighted by Crippen LogP contribution is -2.22. The molecule has 1 aromatic carbocycles. The summed E-state index contributed by atoms with van der Waals surface area (Å²) in [5, 5.41) is 2.50. The number of rotatable bonds is 3. The van der Waals surface area contributed by atoms with Gasteiger partial charge in [0, 0.05) is 9.99 Å². The number of halogens is 1. The number of benzene rings is 1. The zero-order valence-corrected chi connectivity index (χ0v) is 12.2. The number of carbonyl (C=O) groups is 2. The van der Waals surface area contributed by atoms with Crippen LogP contribution < -0.4 is 11.1 Å². The number of amides is 2. The molecule has 7 heteroatoms. The number of carbonyl (C=O) groups excluding carboxylic acids is 2. The number of amidine groups is 1. The lowest BCUT2D eigenvalue weighted by molar-refractivity contribution is -0.121. The van der Waals surface area contributed by atoms with Crippen molar-refractivity contribution in [1.82, 2.24) is 0 Å². The Morgan fingerprint density at radius 2 is 2.22 bits per heavy atom. The molecule has 0 aromatic heterocycles. The van der Waals surface area contributed by atoms with Crippen LogP contribution in [0.2, 0.25) is 0 Å². The van der Waals surface area contributed by atoms with Gasteiger partial charge in [-0.25, -0.2) is 0 Å². The predicted octanol–water partition coefficient (Wildman–Crippen LogP) is 1.58. The van der Waals surface area contributed by atoms with Crippen molar-refractivity contribution in [3.8, 4) is 0 Å². The van der Waals surface area contributed by atoms with Crippen LogP contribution in [0, 0.1) is 3.57 Å². The van der Waals surface area contributed by atoms with E-state index in [1.165, 1.54) is 0 Å². The molecule has 1 aliphatic rings. The normalized spacial score (nSPS) is 18.6. The summed E-state index contributed by atoms with van der Waals surface area (Å²) in [6, 6.07) is 7.44. The van der Waals surface area contributed by atoms with E-state index >= 15 is 0 Å². The fourth-order valence-corrected chi connectivity index (χ4v) is 2.81. The van der Waals surface area contributed by atoms with E-state index < -0.39 is 5.25 Å². The molecule has 1 heterocycles. The molecule has 0 radical (unpaired) electrons. The fraction of sp³-hybridized carbons (Fsp3) is 0.182. The highest BCUT2D eigenvalue weighted by Crippen LogP contribution is 2.24. The van der Waals surface area contributed by atoms with Gasteiger partial charge in [-0.2, -0.15) is 4.99 Å². The molecule has 2 rings (SSSR count). The summed E-state index contributed by atoms with van der Waals surface area (Å²) in [4.78, 5) is 26.8. The number of nitrogens with two attached hydrogens (primary N) is 1. The Morgan fingerprint density at radius 1 is 1.50 bits per heavy atom. The Kier molecular flexibility index (Phi) is 4.23. The van der Waals surface area contributed by atoms with Gasteiger partial charge >= 0.3 is 0 Å². The second-order valence-corrected chi connectivity index (χ2v) is 6.01. The topological polar surface area (TPSA) is 84.5 Å². The van der Waals surface area contributed by atoms with E-state index in [0.717, 1.165) is 21.0 Å². The molecule has 0 spiro atoms. The molecule has 0 saturated heterocycles. The molecule has 1 aromatic rings. The average Bonchev–Trinajstić information content (AvgIpc) is 2.61. The predicted molar refractivity (Wildman–Crippen MR) is 80.4 cm³/mol. The molecule has 18 heavy (non-hydrogen) atoms. The molecule has 94 valence electrons. The summed E-state index contributed by atoms with van der Waals surface area (Å²) >= 11 is 3.27. The van der Waals surface area contributed by atoms with E-state index in [1.54, 1.807) is 0 Å². The van der Waals surface area contributed by atoms with E-state index in [0.29, 0.717) is 0 Å². The molecule has 1 aliphatic heterocycles. The second-order valence-electron chi connectivity index (χ2n) is 3.63. The quantitative estimate of drug-likeness (QED) is 0.786. The zero-order valence-electron chi connectivity index (χ0n) is 9.22. The van der Waals surface area contributed by atoms with Crippen LogP contribution >= 0.6 is 34.4 Å². The third-order valence-electron chi connectivity index (χ3n) is 2.28. The maximum Gasteiger partial charge on any atom is 0.262 e. The minimum absolute atomic E-state index is 0.0820. The molecule has 0 aliphatic carbocycles. The first kappa shape index (κ1) is 13.3. The van der Waals surface area contributed by atoms with Crippen LogP contribution in [0.1, 0.15) is 6.42 Å². The molecule has 5 nitrogen and oxygen atoms in total. The van der Waals surface area contributed by atoms with Crippen LogP contribution in [-0.4, -0.2) is 22.2 Å². The standard InChI is InChI=1S/C11H10IN3O2S/c12-6-3-1-2-4-7(6)14-9(16)5-8-10(17)15-11(13)18-8/h1-4,8H,5H2,(H,14,16)(H2,13,15,17)/t8-/m0/s1. The van der Waals surface area contributed by atoms with Crippen molar-refractivity contribution in [2.45, 2.75) is 11.7 Å². The van der Waals surface area contributed by atoms with Crippen molar-refractivity contribution in [3.05, 3.63) is 27.8 Å². The zero-order chi connectivity index (χ0) is 13.1. The van der Waals surface area contributed by atoms with Crippen molar-refractivity contribution in [1.29, 1.82) is 0 Å². The first-order valence-corrected chi connectivity index (χ1v) is 7.11. The minimum Gasteiger partial charge on any atom is -0.378 e. The van der Waals surface area contributed by atoms with Gasteiger partial charge in [0.05, 0.1) is 5.69 Å². The average molecular weight is 375 g/mol. The highest BCUT2D eigenvalue weighted by molar-refractivity contribution is 14.1. The lowest BCUT2D eigenvalue weighted by atomic mass is 10.2. The van der Waals surface area contributed by atoms with E-state index in [9.17, 15) is 9.59 Å². The fourth-order valence-electron chi connectivity index (χ4n) is 1.46. The molecule has 0 fully saturated rings. The molecule has 0 unspecified atom stereocenters. The Balaban J connectivity index is 1.94. The van der Waals surface area contributed by atoms with Gasteiger partial charge in [-0.3, -0.25) is 9.59 Å². The molecule has 0 bridgehead atoms.